The van der Waals surface area contributed by atoms with E-state index in [-0.39, 0.29) is 0 Å². The second-order valence-electron chi connectivity index (χ2n) is 6.13. The molecule has 2 fully saturated rings. The number of hydrogen-bond acceptors (Lipinski definition) is 5. The molecule has 1 aromatic rings. The number of nitrogens with one attached hydrogen (secondary N) is 1. The fourth-order valence-electron chi connectivity index (χ4n) is 2.61. The first-order valence-corrected chi connectivity index (χ1v) is 7.50. The van der Waals surface area contributed by atoms with Crippen molar-refractivity contribution in [2.45, 2.75) is 44.1 Å². The lowest BCUT2D eigenvalue weighted by Crippen LogP contribution is -2.33. The summed E-state index contributed by atoms with van der Waals surface area (Å²) in [5, 5.41) is 13.5. The Hall–Kier alpha value is -1.49. The molecule has 0 aromatic carbocycles. The van der Waals surface area contributed by atoms with Crippen LogP contribution in [0.3, 0.4) is 0 Å². The van der Waals surface area contributed by atoms with E-state index in [0.29, 0.717) is 36.5 Å². The molecule has 2 aliphatic carbocycles. The minimum absolute atomic E-state index is 0.500. The SMILES string of the molecule is Nc1ccc(NCC2(O)CCCC2)nc1OCC1CC1. The van der Waals surface area contributed by atoms with Crippen molar-refractivity contribution in [2.24, 2.45) is 5.92 Å². The molecule has 20 heavy (non-hydrogen) atoms. The van der Waals surface area contributed by atoms with Crippen LogP contribution >= 0.6 is 0 Å². The van der Waals surface area contributed by atoms with Gasteiger partial charge in [-0.15, -0.1) is 0 Å². The average molecular weight is 277 g/mol. The third-order valence-corrected chi connectivity index (χ3v) is 4.18. The summed E-state index contributed by atoms with van der Waals surface area (Å²) >= 11 is 0. The quantitative estimate of drug-likeness (QED) is 0.742. The van der Waals surface area contributed by atoms with Crippen LogP contribution in [0.1, 0.15) is 38.5 Å². The number of anilines is 2. The molecule has 0 bridgehead atoms. The predicted octanol–water partition coefficient (Wildman–Crippen LogP) is 2.17. The largest absolute Gasteiger partial charge is 0.476 e. The van der Waals surface area contributed by atoms with Gasteiger partial charge in [-0.25, -0.2) is 0 Å². The summed E-state index contributed by atoms with van der Waals surface area (Å²) in [4.78, 5) is 4.39. The van der Waals surface area contributed by atoms with E-state index in [1.165, 1.54) is 12.8 Å². The van der Waals surface area contributed by atoms with Gasteiger partial charge in [-0.2, -0.15) is 4.98 Å². The number of hydrogen-bond donors (Lipinski definition) is 3. The molecule has 0 radical (unpaired) electrons. The van der Waals surface area contributed by atoms with Crippen LogP contribution in [0.5, 0.6) is 5.88 Å². The van der Waals surface area contributed by atoms with Crippen molar-refractivity contribution in [1.29, 1.82) is 0 Å². The molecule has 2 aliphatic rings. The summed E-state index contributed by atoms with van der Waals surface area (Å²) in [5.41, 5.74) is 5.86. The normalized spacial score (nSPS) is 20.9. The smallest absolute Gasteiger partial charge is 0.239 e. The summed E-state index contributed by atoms with van der Waals surface area (Å²) < 4.78 is 5.66. The van der Waals surface area contributed by atoms with E-state index in [0.717, 1.165) is 25.7 Å². The number of aliphatic hydroxyl groups is 1. The summed E-state index contributed by atoms with van der Waals surface area (Å²) in [6, 6.07) is 3.63. The summed E-state index contributed by atoms with van der Waals surface area (Å²) in [5.74, 6) is 1.89. The number of aromatic nitrogens is 1. The van der Waals surface area contributed by atoms with Gasteiger partial charge in [0.25, 0.3) is 0 Å². The molecular weight excluding hydrogens is 254 g/mol. The van der Waals surface area contributed by atoms with Crippen LogP contribution in [0, 0.1) is 5.92 Å². The number of nitrogen functional groups attached to an aromatic ring is 1. The van der Waals surface area contributed by atoms with E-state index in [2.05, 4.69) is 10.3 Å². The molecule has 5 nitrogen and oxygen atoms in total. The fraction of sp³-hybridized carbons (Fsp3) is 0.667. The lowest BCUT2D eigenvalue weighted by Gasteiger charge is -2.22. The Balaban J connectivity index is 1.59. The first-order chi connectivity index (χ1) is 9.65. The zero-order valence-corrected chi connectivity index (χ0v) is 11.8. The highest BCUT2D eigenvalue weighted by Crippen LogP contribution is 2.32. The molecule has 0 saturated heterocycles. The zero-order chi connectivity index (χ0) is 14.0. The van der Waals surface area contributed by atoms with Gasteiger partial charge in [-0.3, -0.25) is 0 Å². The van der Waals surface area contributed by atoms with Crippen LogP contribution in [-0.4, -0.2) is 28.8 Å². The Morgan fingerprint density at radius 3 is 2.80 bits per heavy atom. The highest BCUT2D eigenvalue weighted by Gasteiger charge is 2.30. The topological polar surface area (TPSA) is 80.4 Å². The Bertz CT molecular complexity index is 468. The van der Waals surface area contributed by atoms with Gasteiger partial charge >= 0.3 is 0 Å². The van der Waals surface area contributed by atoms with Crippen LogP contribution in [0.25, 0.3) is 0 Å². The molecule has 3 rings (SSSR count). The van der Waals surface area contributed by atoms with Crippen LogP contribution in [0.15, 0.2) is 12.1 Å². The molecule has 5 heteroatoms. The van der Waals surface area contributed by atoms with Crippen molar-refractivity contribution in [3.63, 3.8) is 0 Å². The van der Waals surface area contributed by atoms with Gasteiger partial charge in [0, 0.05) is 6.54 Å². The zero-order valence-electron chi connectivity index (χ0n) is 11.8. The minimum atomic E-state index is -0.585. The van der Waals surface area contributed by atoms with Gasteiger partial charge in [0.2, 0.25) is 5.88 Å². The highest BCUT2D eigenvalue weighted by atomic mass is 16.5. The average Bonchev–Trinajstić information content (AvgIpc) is 3.17. The molecule has 0 atom stereocenters. The van der Waals surface area contributed by atoms with Gasteiger partial charge in [0.05, 0.1) is 17.9 Å². The molecule has 4 N–H and O–H groups in total. The first-order valence-electron chi connectivity index (χ1n) is 7.50. The van der Waals surface area contributed by atoms with Gasteiger partial charge in [0.1, 0.15) is 5.82 Å². The van der Waals surface area contributed by atoms with Crippen molar-refractivity contribution in [2.75, 3.05) is 24.2 Å². The third-order valence-electron chi connectivity index (χ3n) is 4.18. The number of rotatable bonds is 6. The lowest BCUT2D eigenvalue weighted by atomic mass is 10.0. The van der Waals surface area contributed by atoms with Crippen molar-refractivity contribution < 1.29 is 9.84 Å². The second kappa shape index (κ2) is 5.48. The van der Waals surface area contributed by atoms with Crippen LogP contribution in [0.4, 0.5) is 11.5 Å². The van der Waals surface area contributed by atoms with E-state index in [1.54, 1.807) is 6.07 Å². The van der Waals surface area contributed by atoms with Crippen LogP contribution in [0.2, 0.25) is 0 Å². The van der Waals surface area contributed by atoms with E-state index in [9.17, 15) is 5.11 Å². The third kappa shape index (κ3) is 3.33. The maximum Gasteiger partial charge on any atom is 0.239 e. The van der Waals surface area contributed by atoms with Crippen molar-refractivity contribution >= 4 is 11.5 Å². The Morgan fingerprint density at radius 1 is 1.35 bits per heavy atom. The summed E-state index contributed by atoms with van der Waals surface area (Å²) in [7, 11) is 0. The predicted molar refractivity (Wildman–Crippen MR) is 78.8 cm³/mol. The van der Waals surface area contributed by atoms with Gasteiger partial charge in [-0.1, -0.05) is 12.8 Å². The molecule has 0 unspecified atom stereocenters. The number of nitrogens with two attached hydrogens (primary N) is 1. The number of pyridine rings is 1. The van der Waals surface area contributed by atoms with Crippen LogP contribution < -0.4 is 15.8 Å². The van der Waals surface area contributed by atoms with Gasteiger partial charge in [-0.05, 0) is 43.7 Å². The molecule has 0 aliphatic heterocycles. The van der Waals surface area contributed by atoms with E-state index >= 15 is 0 Å². The molecular formula is C15H23N3O2. The van der Waals surface area contributed by atoms with Crippen LogP contribution in [-0.2, 0) is 0 Å². The minimum Gasteiger partial charge on any atom is -0.476 e. The Kier molecular flexibility index (Phi) is 3.70. The monoisotopic (exact) mass is 277 g/mol. The lowest BCUT2D eigenvalue weighted by molar-refractivity contribution is 0.0614. The maximum atomic E-state index is 10.3. The molecule has 2 saturated carbocycles. The number of nitrogens with zero attached hydrogens (tertiary/aromatic N) is 1. The van der Waals surface area contributed by atoms with Crippen molar-refractivity contribution in [3.8, 4) is 5.88 Å². The maximum absolute atomic E-state index is 10.3. The Morgan fingerprint density at radius 2 is 2.10 bits per heavy atom. The number of ether oxygens (including phenoxy) is 1. The van der Waals surface area contributed by atoms with E-state index in [1.807, 2.05) is 6.07 Å². The highest BCUT2D eigenvalue weighted by molar-refractivity contribution is 5.53. The van der Waals surface area contributed by atoms with E-state index < -0.39 is 5.60 Å². The molecule has 1 aromatic heterocycles. The first kappa shape index (κ1) is 13.5. The molecule has 1 heterocycles. The summed E-state index contributed by atoms with van der Waals surface area (Å²) in [6.07, 6.45) is 6.40. The van der Waals surface area contributed by atoms with Crippen molar-refractivity contribution in [1.82, 2.24) is 4.98 Å². The van der Waals surface area contributed by atoms with Crippen molar-refractivity contribution in [3.05, 3.63) is 12.1 Å². The molecule has 110 valence electrons. The Labute approximate surface area is 119 Å². The van der Waals surface area contributed by atoms with Gasteiger partial charge in [0.15, 0.2) is 0 Å². The standard InChI is InChI=1S/C15H23N3O2/c16-12-5-6-13(17-10-15(19)7-1-2-8-15)18-14(12)20-9-11-3-4-11/h5-6,11,19H,1-4,7-10,16H2,(H,17,18). The molecule has 0 spiro atoms. The fourth-order valence-corrected chi connectivity index (χ4v) is 2.61. The molecule has 0 amide bonds. The second-order valence-corrected chi connectivity index (χ2v) is 6.13. The van der Waals surface area contributed by atoms with Gasteiger partial charge < -0.3 is 20.9 Å². The van der Waals surface area contributed by atoms with E-state index in [4.69, 9.17) is 10.5 Å². The summed E-state index contributed by atoms with van der Waals surface area (Å²) in [6.45, 7) is 1.23.